The molecular weight excluding hydrogens is 370 g/mol. The number of nitrogens with one attached hydrogen (secondary N) is 1. The summed E-state index contributed by atoms with van der Waals surface area (Å²) in [5.74, 6) is 0.337. The molecule has 6 heteroatoms. The molecule has 0 aliphatic carbocycles. The molecule has 0 saturated heterocycles. The predicted molar refractivity (Wildman–Crippen MR) is 111 cm³/mol. The molecule has 1 amide bonds. The van der Waals surface area contributed by atoms with Gasteiger partial charge >= 0.3 is 5.97 Å². The van der Waals surface area contributed by atoms with Crippen molar-refractivity contribution in [2.45, 2.75) is 45.6 Å². The highest BCUT2D eigenvalue weighted by molar-refractivity contribution is 5.80. The first kappa shape index (κ1) is 22.3. The number of amides is 1. The number of aliphatic carboxylic acids is 1. The summed E-state index contributed by atoms with van der Waals surface area (Å²) in [4.78, 5) is 22.0. The van der Waals surface area contributed by atoms with E-state index < -0.39 is 5.97 Å². The maximum atomic E-state index is 11.6. The SMILES string of the molecule is CC(C)(C)c1ccccc1OCCOc1ccc(CNC(=O)CCC(=O)O)cc1. The van der Waals surface area contributed by atoms with Gasteiger partial charge in [0, 0.05) is 13.0 Å². The van der Waals surface area contributed by atoms with Crippen LogP contribution in [0.25, 0.3) is 0 Å². The average molecular weight is 399 g/mol. The first-order valence-electron chi connectivity index (χ1n) is 9.68. The molecule has 0 spiro atoms. The number of hydrogen-bond acceptors (Lipinski definition) is 4. The summed E-state index contributed by atoms with van der Waals surface area (Å²) in [6.45, 7) is 7.68. The summed E-state index contributed by atoms with van der Waals surface area (Å²) >= 11 is 0. The number of carboxylic acid groups (broad SMARTS) is 1. The second kappa shape index (κ2) is 10.5. The van der Waals surface area contributed by atoms with Crippen molar-refractivity contribution in [3.8, 4) is 11.5 Å². The molecule has 0 atom stereocenters. The lowest BCUT2D eigenvalue weighted by Gasteiger charge is -2.22. The van der Waals surface area contributed by atoms with Crippen LogP contribution in [-0.2, 0) is 21.5 Å². The van der Waals surface area contributed by atoms with Crippen molar-refractivity contribution in [2.75, 3.05) is 13.2 Å². The standard InChI is InChI=1S/C23H29NO5/c1-23(2,3)19-6-4-5-7-20(19)29-15-14-28-18-10-8-17(9-11-18)16-24-21(25)12-13-22(26)27/h4-11H,12-16H2,1-3H3,(H,24,25)(H,26,27). The van der Waals surface area contributed by atoms with Crippen LogP contribution < -0.4 is 14.8 Å². The van der Waals surface area contributed by atoms with Gasteiger partial charge in [0.2, 0.25) is 5.91 Å². The first-order chi connectivity index (χ1) is 13.8. The van der Waals surface area contributed by atoms with Crippen LogP contribution in [0.1, 0.15) is 44.7 Å². The molecule has 2 N–H and O–H groups in total. The number of carbonyl (C=O) groups is 2. The Kier molecular flexibility index (Phi) is 8.07. The number of hydrogen-bond donors (Lipinski definition) is 2. The average Bonchev–Trinajstić information content (AvgIpc) is 2.68. The second-order valence-corrected chi connectivity index (χ2v) is 7.76. The Morgan fingerprint density at radius 3 is 2.24 bits per heavy atom. The fourth-order valence-corrected chi connectivity index (χ4v) is 2.74. The monoisotopic (exact) mass is 399 g/mol. The van der Waals surface area contributed by atoms with Gasteiger partial charge < -0.3 is 19.9 Å². The highest BCUT2D eigenvalue weighted by atomic mass is 16.5. The highest BCUT2D eigenvalue weighted by Gasteiger charge is 2.18. The van der Waals surface area contributed by atoms with Gasteiger partial charge in [0.1, 0.15) is 24.7 Å². The Hall–Kier alpha value is -3.02. The van der Waals surface area contributed by atoms with Gasteiger partial charge in [-0.3, -0.25) is 9.59 Å². The minimum atomic E-state index is -0.979. The highest BCUT2D eigenvalue weighted by Crippen LogP contribution is 2.30. The molecule has 2 aromatic carbocycles. The van der Waals surface area contributed by atoms with Crippen LogP contribution in [-0.4, -0.2) is 30.2 Å². The topological polar surface area (TPSA) is 84.9 Å². The molecule has 0 saturated carbocycles. The summed E-state index contributed by atoms with van der Waals surface area (Å²) in [7, 11) is 0. The minimum absolute atomic E-state index is 0.0102. The fraction of sp³-hybridized carbons (Fsp3) is 0.391. The molecule has 0 radical (unpaired) electrons. The normalized spacial score (nSPS) is 11.0. The van der Waals surface area contributed by atoms with Gasteiger partial charge in [-0.15, -0.1) is 0 Å². The van der Waals surface area contributed by atoms with Crippen molar-refractivity contribution < 1.29 is 24.2 Å². The number of carbonyl (C=O) groups excluding carboxylic acids is 1. The van der Waals surface area contributed by atoms with Gasteiger partial charge in [0.05, 0.1) is 6.42 Å². The van der Waals surface area contributed by atoms with Crippen LogP contribution in [0.5, 0.6) is 11.5 Å². The minimum Gasteiger partial charge on any atom is -0.490 e. The molecule has 156 valence electrons. The van der Waals surface area contributed by atoms with Gasteiger partial charge in [0.15, 0.2) is 0 Å². The van der Waals surface area contributed by atoms with E-state index in [1.165, 1.54) is 0 Å². The van der Waals surface area contributed by atoms with Crippen molar-refractivity contribution in [3.63, 3.8) is 0 Å². The van der Waals surface area contributed by atoms with Crippen molar-refractivity contribution in [1.82, 2.24) is 5.32 Å². The van der Waals surface area contributed by atoms with E-state index in [1.807, 2.05) is 42.5 Å². The van der Waals surface area contributed by atoms with Crippen molar-refractivity contribution >= 4 is 11.9 Å². The number of carboxylic acids is 1. The Bertz CT molecular complexity index is 809. The summed E-state index contributed by atoms with van der Waals surface area (Å²) in [6.07, 6.45) is -0.185. The maximum Gasteiger partial charge on any atom is 0.303 e. The molecule has 0 aliphatic heterocycles. The molecule has 6 nitrogen and oxygen atoms in total. The third-order valence-corrected chi connectivity index (χ3v) is 4.28. The van der Waals surface area contributed by atoms with Crippen molar-refractivity contribution in [3.05, 3.63) is 59.7 Å². The summed E-state index contributed by atoms with van der Waals surface area (Å²) in [5.41, 5.74) is 2.09. The van der Waals surface area contributed by atoms with E-state index in [0.29, 0.717) is 19.8 Å². The Labute approximate surface area is 171 Å². The third-order valence-electron chi connectivity index (χ3n) is 4.28. The zero-order valence-electron chi connectivity index (χ0n) is 17.2. The van der Waals surface area contributed by atoms with Crippen LogP contribution in [0.2, 0.25) is 0 Å². The molecule has 0 bridgehead atoms. The quantitative estimate of drug-likeness (QED) is 0.592. The van der Waals surface area contributed by atoms with Crippen LogP contribution >= 0.6 is 0 Å². The molecule has 0 fully saturated rings. The van der Waals surface area contributed by atoms with Crippen LogP contribution in [0.3, 0.4) is 0 Å². The van der Waals surface area contributed by atoms with E-state index >= 15 is 0 Å². The largest absolute Gasteiger partial charge is 0.490 e. The van der Waals surface area contributed by atoms with Crippen LogP contribution in [0, 0.1) is 0 Å². The smallest absolute Gasteiger partial charge is 0.303 e. The lowest BCUT2D eigenvalue weighted by atomic mass is 9.86. The van der Waals surface area contributed by atoms with Gasteiger partial charge in [-0.25, -0.2) is 0 Å². The Morgan fingerprint density at radius 2 is 1.59 bits per heavy atom. The first-order valence-corrected chi connectivity index (χ1v) is 9.68. The molecule has 2 rings (SSSR count). The molecule has 29 heavy (non-hydrogen) atoms. The summed E-state index contributed by atoms with van der Waals surface area (Å²) < 4.78 is 11.6. The van der Waals surface area contributed by atoms with E-state index in [2.05, 4.69) is 32.2 Å². The number of rotatable bonds is 10. The lowest BCUT2D eigenvalue weighted by molar-refractivity contribution is -0.138. The van der Waals surface area contributed by atoms with Crippen molar-refractivity contribution in [2.24, 2.45) is 0 Å². The van der Waals surface area contributed by atoms with E-state index in [1.54, 1.807) is 0 Å². The van der Waals surface area contributed by atoms with E-state index in [0.717, 1.165) is 22.6 Å². The summed E-state index contributed by atoms with van der Waals surface area (Å²) in [5, 5.41) is 11.3. The molecular formula is C23H29NO5. The summed E-state index contributed by atoms with van der Waals surface area (Å²) in [6, 6.07) is 15.4. The molecule has 0 heterocycles. The third kappa shape index (κ3) is 7.86. The number of benzene rings is 2. The zero-order chi connectivity index (χ0) is 21.3. The number of para-hydroxylation sites is 1. The molecule has 0 aromatic heterocycles. The predicted octanol–water partition coefficient (Wildman–Crippen LogP) is 3.92. The number of ether oxygens (including phenoxy) is 2. The van der Waals surface area contributed by atoms with Gasteiger partial charge in [0.25, 0.3) is 0 Å². The van der Waals surface area contributed by atoms with E-state index in [-0.39, 0.29) is 24.2 Å². The lowest BCUT2D eigenvalue weighted by Crippen LogP contribution is -2.23. The van der Waals surface area contributed by atoms with Crippen molar-refractivity contribution in [1.29, 1.82) is 0 Å². The Balaban J connectivity index is 1.74. The van der Waals surface area contributed by atoms with E-state index in [4.69, 9.17) is 14.6 Å². The fourth-order valence-electron chi connectivity index (χ4n) is 2.74. The van der Waals surface area contributed by atoms with Crippen LogP contribution in [0.4, 0.5) is 0 Å². The van der Waals surface area contributed by atoms with Gasteiger partial charge in [-0.1, -0.05) is 51.1 Å². The van der Waals surface area contributed by atoms with E-state index in [9.17, 15) is 9.59 Å². The molecule has 0 aliphatic rings. The Morgan fingerprint density at radius 1 is 0.931 bits per heavy atom. The van der Waals surface area contributed by atoms with Gasteiger partial charge in [-0.2, -0.15) is 0 Å². The van der Waals surface area contributed by atoms with Crippen LogP contribution in [0.15, 0.2) is 48.5 Å². The molecule has 0 unspecified atom stereocenters. The maximum absolute atomic E-state index is 11.6. The zero-order valence-corrected chi connectivity index (χ0v) is 17.2. The second-order valence-electron chi connectivity index (χ2n) is 7.76. The van der Waals surface area contributed by atoms with Gasteiger partial charge in [-0.05, 0) is 34.7 Å². The molecule has 2 aromatic rings.